The molecule has 5 heteroatoms. The Morgan fingerprint density at radius 3 is 2.90 bits per heavy atom. The highest BCUT2D eigenvalue weighted by Gasteiger charge is 2.29. The van der Waals surface area contributed by atoms with Crippen LogP contribution in [0.25, 0.3) is 11.0 Å². The highest BCUT2D eigenvalue weighted by atomic mass is 32.2. The lowest BCUT2D eigenvalue weighted by molar-refractivity contribution is 0.181. The van der Waals surface area contributed by atoms with Crippen LogP contribution in [0.2, 0.25) is 0 Å². The van der Waals surface area contributed by atoms with Gasteiger partial charge in [0.1, 0.15) is 11.9 Å². The second kappa shape index (κ2) is 5.30. The average molecular weight is 291 g/mol. The number of rotatable bonds is 3. The minimum atomic E-state index is -0.558. The van der Waals surface area contributed by atoms with Gasteiger partial charge in [-0.15, -0.1) is 0 Å². The molecule has 3 N–H and O–H groups in total. The first-order chi connectivity index (χ1) is 9.60. The molecule has 1 saturated carbocycles. The second-order valence-electron chi connectivity index (χ2n) is 5.59. The van der Waals surface area contributed by atoms with Gasteiger partial charge in [0.25, 0.3) is 0 Å². The average Bonchev–Trinajstić information content (AvgIpc) is 3.00. The molecule has 0 radical (unpaired) electrons. The number of hydrogen-bond acceptors (Lipinski definition) is 4. The van der Waals surface area contributed by atoms with E-state index in [4.69, 9.17) is 5.73 Å². The van der Waals surface area contributed by atoms with Crippen molar-refractivity contribution in [1.82, 2.24) is 9.55 Å². The van der Waals surface area contributed by atoms with Crippen molar-refractivity contribution in [3.05, 3.63) is 24.0 Å². The first-order valence-electron chi connectivity index (χ1n) is 7.08. The van der Waals surface area contributed by atoms with E-state index in [1.165, 1.54) is 6.42 Å². The predicted molar refractivity (Wildman–Crippen MR) is 85.0 cm³/mol. The lowest BCUT2D eigenvalue weighted by Crippen LogP contribution is -2.12. The van der Waals surface area contributed by atoms with E-state index in [9.17, 15) is 5.11 Å². The Morgan fingerprint density at radius 1 is 1.45 bits per heavy atom. The summed E-state index contributed by atoms with van der Waals surface area (Å²) in [7, 11) is 0. The third kappa shape index (κ3) is 2.29. The Morgan fingerprint density at radius 2 is 2.25 bits per heavy atom. The van der Waals surface area contributed by atoms with Gasteiger partial charge in [-0.05, 0) is 50.6 Å². The molecule has 108 valence electrons. The molecule has 0 spiro atoms. The molecule has 0 amide bonds. The lowest BCUT2D eigenvalue weighted by atomic mass is 10.2. The zero-order valence-electron chi connectivity index (χ0n) is 11.9. The van der Waals surface area contributed by atoms with Gasteiger partial charge in [0.15, 0.2) is 0 Å². The molecule has 4 nitrogen and oxygen atoms in total. The molecule has 3 atom stereocenters. The van der Waals surface area contributed by atoms with Crippen molar-refractivity contribution in [2.75, 3.05) is 12.0 Å². The number of hydrogen-bond donors (Lipinski definition) is 2. The van der Waals surface area contributed by atoms with Gasteiger partial charge in [0.05, 0.1) is 11.0 Å². The van der Waals surface area contributed by atoms with Crippen molar-refractivity contribution >= 4 is 28.5 Å². The number of fused-ring (bicyclic) bond motifs is 1. The first kappa shape index (κ1) is 13.8. The number of anilines is 1. The number of benzene rings is 1. The standard InChI is InChI=1S/C15H21N3OS/c1-9(19)15-17-13-7-10(16)3-6-14(13)18(15)11-4-5-12(8-11)20-2/h3,6-7,9,11-12,19H,4-5,8,16H2,1-2H3. The van der Waals surface area contributed by atoms with Crippen LogP contribution in [0.5, 0.6) is 0 Å². The van der Waals surface area contributed by atoms with Gasteiger partial charge in [0, 0.05) is 17.0 Å². The fraction of sp³-hybridized carbons (Fsp3) is 0.533. The van der Waals surface area contributed by atoms with Crippen molar-refractivity contribution < 1.29 is 5.11 Å². The van der Waals surface area contributed by atoms with Crippen molar-refractivity contribution in [3.63, 3.8) is 0 Å². The molecule has 1 aromatic carbocycles. The van der Waals surface area contributed by atoms with Gasteiger partial charge < -0.3 is 15.4 Å². The summed E-state index contributed by atoms with van der Waals surface area (Å²) >= 11 is 1.94. The fourth-order valence-corrected chi connectivity index (χ4v) is 3.97. The summed E-state index contributed by atoms with van der Waals surface area (Å²) in [6, 6.07) is 6.26. The summed E-state index contributed by atoms with van der Waals surface area (Å²) in [4.78, 5) is 4.59. The zero-order valence-corrected chi connectivity index (χ0v) is 12.7. The van der Waals surface area contributed by atoms with E-state index in [1.54, 1.807) is 6.92 Å². The maximum Gasteiger partial charge on any atom is 0.138 e. The minimum Gasteiger partial charge on any atom is -0.399 e. The molecular weight excluding hydrogens is 270 g/mol. The van der Waals surface area contributed by atoms with Gasteiger partial charge >= 0.3 is 0 Å². The van der Waals surface area contributed by atoms with Gasteiger partial charge in [-0.1, -0.05) is 0 Å². The molecule has 0 aliphatic heterocycles. The predicted octanol–water partition coefficient (Wildman–Crippen LogP) is 3.13. The summed E-state index contributed by atoms with van der Waals surface area (Å²) in [6.07, 6.45) is 5.16. The third-order valence-corrected chi connectivity index (χ3v) is 5.26. The lowest BCUT2D eigenvalue weighted by Gasteiger charge is -2.18. The molecule has 20 heavy (non-hydrogen) atoms. The van der Waals surface area contributed by atoms with Crippen LogP contribution in [0.4, 0.5) is 5.69 Å². The van der Waals surface area contributed by atoms with E-state index in [1.807, 2.05) is 30.0 Å². The van der Waals surface area contributed by atoms with Gasteiger partial charge in [0.2, 0.25) is 0 Å². The molecule has 2 aromatic rings. The van der Waals surface area contributed by atoms with Crippen LogP contribution in [-0.4, -0.2) is 26.2 Å². The highest BCUT2D eigenvalue weighted by molar-refractivity contribution is 7.99. The van der Waals surface area contributed by atoms with Crippen LogP contribution in [0.15, 0.2) is 18.2 Å². The summed E-state index contributed by atoms with van der Waals surface area (Å²) < 4.78 is 2.23. The maximum atomic E-state index is 10.0. The molecule has 1 aliphatic carbocycles. The summed E-state index contributed by atoms with van der Waals surface area (Å²) in [5.74, 6) is 0.761. The van der Waals surface area contributed by atoms with Crippen LogP contribution in [0, 0.1) is 0 Å². The quantitative estimate of drug-likeness (QED) is 0.853. The van der Waals surface area contributed by atoms with Crippen LogP contribution >= 0.6 is 11.8 Å². The second-order valence-corrected chi connectivity index (χ2v) is 6.73. The molecule has 1 aromatic heterocycles. The number of nitrogens with two attached hydrogens (primary N) is 1. The molecular formula is C15H21N3OS. The van der Waals surface area contributed by atoms with E-state index in [2.05, 4.69) is 15.8 Å². The number of thioether (sulfide) groups is 1. The van der Waals surface area contributed by atoms with Gasteiger partial charge in [-0.25, -0.2) is 4.98 Å². The Balaban J connectivity index is 2.10. The largest absolute Gasteiger partial charge is 0.399 e. The zero-order chi connectivity index (χ0) is 14.3. The normalized spacial score (nSPS) is 24.4. The van der Waals surface area contributed by atoms with E-state index in [0.29, 0.717) is 17.0 Å². The molecule has 1 heterocycles. The van der Waals surface area contributed by atoms with E-state index < -0.39 is 6.10 Å². The van der Waals surface area contributed by atoms with Gasteiger partial charge in [-0.2, -0.15) is 11.8 Å². The first-order valence-corrected chi connectivity index (χ1v) is 8.37. The SMILES string of the molecule is CSC1CCC(n2c(C(C)O)nc3cc(N)ccc32)C1. The molecule has 3 unspecified atom stereocenters. The van der Waals surface area contributed by atoms with E-state index >= 15 is 0 Å². The Kier molecular flexibility index (Phi) is 3.65. The van der Waals surface area contributed by atoms with Crippen molar-refractivity contribution in [1.29, 1.82) is 0 Å². The Labute approximate surface area is 123 Å². The van der Waals surface area contributed by atoms with E-state index in [0.717, 1.165) is 29.7 Å². The topological polar surface area (TPSA) is 64.1 Å². The Hall–Kier alpha value is -1.20. The monoisotopic (exact) mass is 291 g/mol. The smallest absolute Gasteiger partial charge is 0.138 e. The summed E-state index contributed by atoms with van der Waals surface area (Å²) in [5, 5.41) is 10.8. The van der Waals surface area contributed by atoms with Crippen molar-refractivity contribution in [3.8, 4) is 0 Å². The highest BCUT2D eigenvalue weighted by Crippen LogP contribution is 2.39. The summed E-state index contributed by atoms with van der Waals surface area (Å²) in [5.41, 5.74) is 8.52. The number of aliphatic hydroxyl groups excluding tert-OH is 1. The van der Waals surface area contributed by atoms with Crippen LogP contribution in [0.3, 0.4) is 0 Å². The van der Waals surface area contributed by atoms with Gasteiger partial charge in [-0.3, -0.25) is 0 Å². The number of aromatic nitrogens is 2. The fourth-order valence-electron chi connectivity index (χ4n) is 3.18. The molecule has 1 fully saturated rings. The molecule has 0 saturated heterocycles. The van der Waals surface area contributed by atoms with E-state index in [-0.39, 0.29) is 0 Å². The molecule has 3 rings (SSSR count). The maximum absolute atomic E-state index is 10.0. The minimum absolute atomic E-state index is 0.436. The third-order valence-electron chi connectivity index (χ3n) is 4.17. The number of nitrogens with zero attached hydrogens (tertiary/aromatic N) is 2. The number of imidazole rings is 1. The van der Waals surface area contributed by atoms with Crippen molar-refractivity contribution in [2.45, 2.75) is 43.6 Å². The van der Waals surface area contributed by atoms with Crippen molar-refractivity contribution in [2.24, 2.45) is 0 Å². The summed E-state index contributed by atoms with van der Waals surface area (Å²) in [6.45, 7) is 1.78. The van der Waals surface area contributed by atoms with Crippen LogP contribution in [0.1, 0.15) is 44.2 Å². The van der Waals surface area contributed by atoms with Crippen LogP contribution in [-0.2, 0) is 0 Å². The van der Waals surface area contributed by atoms with Crippen LogP contribution < -0.4 is 5.73 Å². The molecule has 0 bridgehead atoms. The number of nitrogen functional groups attached to an aromatic ring is 1. The Bertz CT molecular complexity index is 623. The number of aliphatic hydroxyl groups is 1. The molecule has 1 aliphatic rings.